The fraction of sp³-hybridized carbons (Fsp3) is 0.368. The van der Waals surface area contributed by atoms with E-state index in [2.05, 4.69) is 0 Å². The molecule has 148 valence electrons. The highest BCUT2D eigenvalue weighted by atomic mass is 19.4. The molecule has 0 saturated carbocycles. The van der Waals surface area contributed by atoms with E-state index in [1.807, 2.05) is 0 Å². The number of halogens is 5. The molecule has 0 aromatic heterocycles. The lowest BCUT2D eigenvalue weighted by Crippen LogP contribution is -2.46. The van der Waals surface area contributed by atoms with Crippen LogP contribution in [0.4, 0.5) is 22.0 Å². The first-order valence-electron chi connectivity index (χ1n) is 8.22. The van der Waals surface area contributed by atoms with Crippen molar-refractivity contribution in [1.82, 2.24) is 4.90 Å². The minimum atomic E-state index is -4.88. The minimum Gasteiger partial charge on any atom is -0.487 e. The quantitative estimate of drug-likeness (QED) is 0.655. The van der Waals surface area contributed by atoms with E-state index in [0.717, 1.165) is 4.90 Å². The van der Waals surface area contributed by atoms with Gasteiger partial charge in [-0.2, -0.15) is 13.2 Å². The Morgan fingerprint density at radius 2 is 1.44 bits per heavy atom. The summed E-state index contributed by atoms with van der Waals surface area (Å²) < 4.78 is 71.6. The lowest BCUT2D eigenvalue weighted by atomic mass is 10.2. The molecule has 2 rings (SSSR count). The summed E-state index contributed by atoms with van der Waals surface area (Å²) in [6.07, 6.45) is -7.60. The highest BCUT2D eigenvalue weighted by Gasteiger charge is 2.41. The number of aliphatic hydroxyl groups excluding tert-OH is 1. The van der Waals surface area contributed by atoms with Gasteiger partial charge >= 0.3 is 6.18 Å². The zero-order valence-electron chi connectivity index (χ0n) is 14.4. The zero-order chi connectivity index (χ0) is 19.9. The average Bonchev–Trinajstić information content (AvgIpc) is 2.60. The molecule has 2 aromatic rings. The van der Waals surface area contributed by atoms with Gasteiger partial charge in [0.25, 0.3) is 5.92 Å². The standard InChI is InChI=1S/C19H20F5NO2/c20-18(21,14-27-16-9-5-2-6-10-16)13-25(12-17(26)19(22,23)24)11-15-7-3-1-4-8-15/h1-10,17,26H,11-14H2. The van der Waals surface area contributed by atoms with Crippen molar-refractivity contribution in [2.75, 3.05) is 19.7 Å². The topological polar surface area (TPSA) is 32.7 Å². The van der Waals surface area contributed by atoms with Crippen LogP contribution in [0.15, 0.2) is 60.7 Å². The van der Waals surface area contributed by atoms with Crippen LogP contribution < -0.4 is 4.74 Å². The molecule has 0 amide bonds. The summed E-state index contributed by atoms with van der Waals surface area (Å²) in [6.45, 7) is -3.08. The van der Waals surface area contributed by atoms with Crippen molar-refractivity contribution in [1.29, 1.82) is 0 Å². The maximum atomic E-state index is 14.3. The zero-order valence-corrected chi connectivity index (χ0v) is 14.4. The monoisotopic (exact) mass is 389 g/mol. The largest absolute Gasteiger partial charge is 0.487 e. The van der Waals surface area contributed by atoms with Gasteiger partial charge < -0.3 is 9.84 Å². The van der Waals surface area contributed by atoms with E-state index in [4.69, 9.17) is 4.74 Å². The van der Waals surface area contributed by atoms with Crippen LogP contribution in [0, 0.1) is 0 Å². The molecule has 0 aliphatic carbocycles. The van der Waals surface area contributed by atoms with E-state index in [1.54, 1.807) is 48.5 Å². The van der Waals surface area contributed by atoms with Crippen LogP contribution >= 0.6 is 0 Å². The number of para-hydroxylation sites is 1. The number of hydrogen-bond acceptors (Lipinski definition) is 3. The van der Waals surface area contributed by atoms with Gasteiger partial charge in [-0.3, -0.25) is 4.90 Å². The molecule has 1 N–H and O–H groups in total. The number of alkyl halides is 5. The second-order valence-electron chi connectivity index (χ2n) is 6.17. The van der Waals surface area contributed by atoms with Crippen molar-refractivity contribution in [2.45, 2.75) is 24.7 Å². The Morgan fingerprint density at radius 3 is 2.00 bits per heavy atom. The van der Waals surface area contributed by atoms with E-state index in [0.29, 0.717) is 5.56 Å². The highest BCUT2D eigenvalue weighted by molar-refractivity contribution is 5.21. The Morgan fingerprint density at radius 1 is 0.889 bits per heavy atom. The molecule has 0 aliphatic rings. The van der Waals surface area contributed by atoms with Crippen LogP contribution in [0.5, 0.6) is 5.75 Å². The molecule has 1 atom stereocenters. The van der Waals surface area contributed by atoms with Crippen molar-refractivity contribution >= 4 is 0 Å². The molecule has 27 heavy (non-hydrogen) atoms. The first-order chi connectivity index (χ1) is 12.7. The predicted octanol–water partition coefficient (Wildman–Crippen LogP) is 4.13. The molecule has 0 heterocycles. The summed E-state index contributed by atoms with van der Waals surface area (Å²) in [5.74, 6) is -3.17. The van der Waals surface area contributed by atoms with Crippen LogP contribution in [0.3, 0.4) is 0 Å². The lowest BCUT2D eigenvalue weighted by Gasteiger charge is -2.29. The maximum Gasteiger partial charge on any atom is 0.415 e. The number of nitrogens with zero attached hydrogens (tertiary/aromatic N) is 1. The Bertz CT molecular complexity index is 680. The molecule has 0 aliphatic heterocycles. The van der Waals surface area contributed by atoms with Gasteiger partial charge in [0.2, 0.25) is 0 Å². The van der Waals surface area contributed by atoms with Crippen molar-refractivity contribution < 1.29 is 31.8 Å². The van der Waals surface area contributed by atoms with Gasteiger partial charge in [0, 0.05) is 13.1 Å². The highest BCUT2D eigenvalue weighted by Crippen LogP contribution is 2.24. The minimum absolute atomic E-state index is 0.158. The van der Waals surface area contributed by atoms with Crippen molar-refractivity contribution in [2.24, 2.45) is 0 Å². The third kappa shape index (κ3) is 7.52. The summed E-state index contributed by atoms with van der Waals surface area (Å²) in [7, 11) is 0. The number of rotatable bonds is 9. The lowest BCUT2D eigenvalue weighted by molar-refractivity contribution is -0.211. The van der Waals surface area contributed by atoms with Gasteiger partial charge in [-0.1, -0.05) is 48.5 Å². The number of benzene rings is 2. The van der Waals surface area contributed by atoms with Crippen molar-refractivity contribution in [3.05, 3.63) is 66.2 Å². The molecule has 3 nitrogen and oxygen atoms in total. The maximum absolute atomic E-state index is 14.3. The Balaban J connectivity index is 2.04. The van der Waals surface area contributed by atoms with E-state index >= 15 is 0 Å². The normalized spacial score (nSPS) is 13.6. The molecule has 2 aromatic carbocycles. The summed E-state index contributed by atoms with van der Waals surface area (Å²) in [4.78, 5) is 0.877. The first kappa shape index (κ1) is 21.1. The molecule has 8 heteroatoms. The van der Waals surface area contributed by atoms with E-state index < -0.39 is 37.9 Å². The molecule has 0 saturated heterocycles. The summed E-state index contributed by atoms with van der Waals surface area (Å²) >= 11 is 0. The predicted molar refractivity (Wildman–Crippen MR) is 90.7 cm³/mol. The van der Waals surface area contributed by atoms with Crippen LogP contribution in [0.1, 0.15) is 5.56 Å². The smallest absolute Gasteiger partial charge is 0.415 e. The van der Waals surface area contributed by atoms with Gasteiger partial charge in [0.15, 0.2) is 12.7 Å². The molecule has 0 bridgehead atoms. The SMILES string of the molecule is OC(CN(Cc1ccccc1)CC(F)(F)COc1ccccc1)C(F)(F)F. The van der Waals surface area contributed by atoms with Crippen molar-refractivity contribution in [3.8, 4) is 5.75 Å². The molecule has 0 spiro atoms. The molecular formula is C19H20F5NO2. The fourth-order valence-corrected chi connectivity index (χ4v) is 2.45. The first-order valence-corrected chi connectivity index (χ1v) is 8.22. The van der Waals surface area contributed by atoms with Gasteiger partial charge in [-0.05, 0) is 17.7 Å². The molecular weight excluding hydrogens is 369 g/mol. The number of ether oxygens (including phenoxy) is 1. The Labute approximate surface area is 154 Å². The number of hydrogen-bond donors (Lipinski definition) is 1. The Hall–Kier alpha value is -2.19. The third-order valence-corrected chi connectivity index (χ3v) is 3.71. The average molecular weight is 389 g/mol. The van der Waals surface area contributed by atoms with Crippen LogP contribution in [0.2, 0.25) is 0 Å². The molecule has 1 unspecified atom stereocenters. The van der Waals surface area contributed by atoms with Gasteiger partial charge in [-0.25, -0.2) is 8.78 Å². The summed E-state index contributed by atoms with van der Waals surface area (Å²) in [5, 5.41) is 9.30. The van der Waals surface area contributed by atoms with Crippen LogP contribution in [0.25, 0.3) is 0 Å². The second-order valence-corrected chi connectivity index (χ2v) is 6.17. The fourth-order valence-electron chi connectivity index (χ4n) is 2.45. The van der Waals surface area contributed by atoms with Gasteiger partial charge in [0.05, 0.1) is 6.54 Å². The van der Waals surface area contributed by atoms with Gasteiger partial charge in [-0.15, -0.1) is 0 Å². The van der Waals surface area contributed by atoms with E-state index in [9.17, 15) is 27.1 Å². The van der Waals surface area contributed by atoms with Crippen LogP contribution in [-0.4, -0.2) is 47.9 Å². The van der Waals surface area contributed by atoms with E-state index in [1.165, 1.54) is 12.1 Å². The third-order valence-electron chi connectivity index (χ3n) is 3.71. The van der Waals surface area contributed by atoms with E-state index in [-0.39, 0.29) is 12.3 Å². The van der Waals surface area contributed by atoms with Crippen LogP contribution in [-0.2, 0) is 6.54 Å². The molecule has 0 fully saturated rings. The van der Waals surface area contributed by atoms with Gasteiger partial charge in [0.1, 0.15) is 5.75 Å². The summed E-state index contributed by atoms with van der Waals surface area (Å²) in [5.41, 5.74) is 0.562. The number of aliphatic hydroxyl groups is 1. The Kier molecular flexibility index (Phi) is 7.15. The van der Waals surface area contributed by atoms with Crippen molar-refractivity contribution in [3.63, 3.8) is 0 Å². The molecule has 0 radical (unpaired) electrons. The second kappa shape index (κ2) is 9.14. The summed E-state index contributed by atoms with van der Waals surface area (Å²) in [6, 6.07) is 16.2.